The van der Waals surface area contributed by atoms with Crippen molar-refractivity contribution in [1.29, 1.82) is 0 Å². The molecule has 6 nitrogen and oxygen atoms in total. The average molecular weight is 279 g/mol. The highest BCUT2D eigenvalue weighted by Gasteiger charge is 2.27. The molecule has 5 N–H and O–H groups in total. The molecule has 0 aliphatic heterocycles. The fourth-order valence-corrected chi connectivity index (χ4v) is 1.72. The maximum absolute atomic E-state index is 12.1. The van der Waals surface area contributed by atoms with Crippen molar-refractivity contribution < 1.29 is 14.3 Å². The molecule has 0 radical (unpaired) electrons. The zero-order chi connectivity index (χ0) is 15.2. The van der Waals surface area contributed by atoms with Crippen LogP contribution < -0.4 is 21.5 Å². The van der Waals surface area contributed by atoms with Gasteiger partial charge in [0.25, 0.3) is 5.91 Å². The summed E-state index contributed by atoms with van der Waals surface area (Å²) in [5.41, 5.74) is 10.6. The molecule has 1 rings (SSSR count). The number of rotatable bonds is 7. The lowest BCUT2D eigenvalue weighted by Gasteiger charge is -2.22. The first-order valence-electron chi connectivity index (χ1n) is 6.46. The quantitative estimate of drug-likeness (QED) is 0.692. The summed E-state index contributed by atoms with van der Waals surface area (Å²) in [6.45, 7) is 3.46. The Hall–Kier alpha value is -2.08. The summed E-state index contributed by atoms with van der Waals surface area (Å²) in [5.74, 6) is -0.362. The van der Waals surface area contributed by atoms with Gasteiger partial charge in [-0.2, -0.15) is 0 Å². The Morgan fingerprint density at radius 3 is 2.70 bits per heavy atom. The lowest BCUT2D eigenvalue weighted by molar-refractivity contribution is -0.121. The number of hydrogen-bond acceptors (Lipinski definition) is 4. The highest BCUT2D eigenvalue weighted by Crippen LogP contribution is 2.19. The second kappa shape index (κ2) is 6.91. The zero-order valence-electron chi connectivity index (χ0n) is 11.8. The number of hydrogen-bond donors (Lipinski definition) is 3. The van der Waals surface area contributed by atoms with Gasteiger partial charge in [0.15, 0.2) is 6.61 Å². The molecule has 0 fully saturated rings. The third kappa shape index (κ3) is 4.89. The molecule has 0 heterocycles. The summed E-state index contributed by atoms with van der Waals surface area (Å²) in [4.78, 5) is 22.7. The summed E-state index contributed by atoms with van der Waals surface area (Å²) < 4.78 is 5.17. The van der Waals surface area contributed by atoms with Crippen LogP contribution in [0.25, 0.3) is 0 Å². The molecule has 6 heteroatoms. The molecule has 0 saturated carbocycles. The lowest BCUT2D eigenvalue weighted by atomic mass is 9.96. The van der Waals surface area contributed by atoms with Crippen molar-refractivity contribution in [1.82, 2.24) is 0 Å². The fraction of sp³-hybridized carbons (Fsp3) is 0.429. The van der Waals surface area contributed by atoms with Crippen LogP contribution in [0.4, 0.5) is 5.69 Å². The number of nitrogens with one attached hydrogen (secondary N) is 1. The smallest absolute Gasteiger partial charge is 0.255 e. The summed E-state index contributed by atoms with van der Waals surface area (Å²) in [6.07, 6.45) is 1.42. The van der Waals surface area contributed by atoms with Gasteiger partial charge in [-0.15, -0.1) is 0 Å². The van der Waals surface area contributed by atoms with Crippen LogP contribution in [0.3, 0.4) is 0 Å². The van der Waals surface area contributed by atoms with E-state index in [-0.39, 0.29) is 12.5 Å². The number of benzene rings is 1. The van der Waals surface area contributed by atoms with E-state index >= 15 is 0 Å². The van der Waals surface area contributed by atoms with Crippen LogP contribution in [0.5, 0.6) is 5.75 Å². The molecule has 2 amide bonds. The maximum Gasteiger partial charge on any atom is 0.255 e. The monoisotopic (exact) mass is 279 g/mol. The van der Waals surface area contributed by atoms with E-state index in [1.54, 1.807) is 31.2 Å². The standard InChI is InChI=1S/C14H21N3O3/c1-3-7-14(2,16)13(19)17-10-5-4-6-11(8-10)20-9-12(15)18/h4-6,8H,3,7,9,16H2,1-2H3,(H2,15,18)(H,17,19). The third-order valence-electron chi connectivity index (χ3n) is 2.76. The molecular formula is C14H21N3O3. The lowest BCUT2D eigenvalue weighted by Crippen LogP contribution is -2.48. The second-order valence-corrected chi connectivity index (χ2v) is 4.90. The van der Waals surface area contributed by atoms with E-state index in [2.05, 4.69) is 5.32 Å². The van der Waals surface area contributed by atoms with Gasteiger partial charge in [-0.1, -0.05) is 19.4 Å². The van der Waals surface area contributed by atoms with E-state index in [9.17, 15) is 9.59 Å². The van der Waals surface area contributed by atoms with E-state index in [4.69, 9.17) is 16.2 Å². The number of ether oxygens (including phenoxy) is 1. The van der Waals surface area contributed by atoms with Crippen LogP contribution in [0, 0.1) is 0 Å². The number of carbonyl (C=O) groups is 2. The summed E-state index contributed by atoms with van der Waals surface area (Å²) >= 11 is 0. The van der Waals surface area contributed by atoms with Gasteiger partial charge in [0.1, 0.15) is 5.75 Å². The zero-order valence-corrected chi connectivity index (χ0v) is 11.8. The minimum Gasteiger partial charge on any atom is -0.484 e. The minimum absolute atomic E-state index is 0.207. The predicted molar refractivity (Wildman–Crippen MR) is 77.3 cm³/mol. The molecule has 1 atom stereocenters. The molecule has 0 saturated heterocycles. The van der Waals surface area contributed by atoms with Crippen LogP contribution in [-0.4, -0.2) is 24.0 Å². The Morgan fingerprint density at radius 1 is 1.40 bits per heavy atom. The average Bonchev–Trinajstić information content (AvgIpc) is 2.36. The van der Waals surface area contributed by atoms with Crippen LogP contribution >= 0.6 is 0 Å². The summed E-state index contributed by atoms with van der Waals surface area (Å²) in [6, 6.07) is 6.71. The number of primary amides is 1. The third-order valence-corrected chi connectivity index (χ3v) is 2.76. The van der Waals surface area contributed by atoms with Crippen molar-refractivity contribution in [3.63, 3.8) is 0 Å². The van der Waals surface area contributed by atoms with Gasteiger partial charge in [0.2, 0.25) is 5.91 Å². The molecule has 0 bridgehead atoms. The molecule has 1 aromatic carbocycles. The number of amides is 2. The Kier molecular flexibility index (Phi) is 5.52. The second-order valence-electron chi connectivity index (χ2n) is 4.90. The van der Waals surface area contributed by atoms with Gasteiger partial charge in [0.05, 0.1) is 5.54 Å². The molecule has 1 aromatic rings. The number of carbonyl (C=O) groups excluding carboxylic acids is 2. The van der Waals surface area contributed by atoms with Gasteiger partial charge in [-0.25, -0.2) is 0 Å². The van der Waals surface area contributed by atoms with Crippen molar-refractivity contribution >= 4 is 17.5 Å². The fourth-order valence-electron chi connectivity index (χ4n) is 1.72. The molecule has 0 spiro atoms. The van der Waals surface area contributed by atoms with E-state index in [0.29, 0.717) is 17.9 Å². The first kappa shape index (κ1) is 16.0. The first-order valence-corrected chi connectivity index (χ1v) is 6.46. The highest BCUT2D eigenvalue weighted by atomic mass is 16.5. The van der Waals surface area contributed by atoms with Crippen molar-refractivity contribution in [2.75, 3.05) is 11.9 Å². The van der Waals surface area contributed by atoms with Crippen LogP contribution in [-0.2, 0) is 9.59 Å². The topological polar surface area (TPSA) is 107 Å². The Balaban J connectivity index is 2.70. The Bertz CT molecular complexity index is 486. The van der Waals surface area contributed by atoms with Crippen molar-refractivity contribution in [2.45, 2.75) is 32.2 Å². The van der Waals surface area contributed by atoms with Crippen molar-refractivity contribution in [3.8, 4) is 5.75 Å². The normalized spacial score (nSPS) is 13.3. The summed E-state index contributed by atoms with van der Waals surface area (Å²) in [5, 5.41) is 2.73. The molecule has 0 aliphatic carbocycles. The van der Waals surface area contributed by atoms with Gasteiger partial charge in [-0.3, -0.25) is 9.59 Å². The van der Waals surface area contributed by atoms with Crippen LogP contribution in [0.1, 0.15) is 26.7 Å². The van der Waals surface area contributed by atoms with Gasteiger partial charge in [0, 0.05) is 11.8 Å². The molecule has 0 aromatic heterocycles. The molecular weight excluding hydrogens is 258 g/mol. The van der Waals surface area contributed by atoms with E-state index in [0.717, 1.165) is 6.42 Å². The number of nitrogens with two attached hydrogens (primary N) is 2. The minimum atomic E-state index is -0.918. The van der Waals surface area contributed by atoms with E-state index in [1.165, 1.54) is 0 Å². The predicted octanol–water partition coefficient (Wildman–Crippen LogP) is 1.01. The van der Waals surface area contributed by atoms with E-state index in [1.807, 2.05) is 6.92 Å². The number of anilines is 1. The molecule has 20 heavy (non-hydrogen) atoms. The van der Waals surface area contributed by atoms with Gasteiger partial charge >= 0.3 is 0 Å². The van der Waals surface area contributed by atoms with Crippen molar-refractivity contribution in [3.05, 3.63) is 24.3 Å². The SMILES string of the molecule is CCCC(C)(N)C(=O)Nc1cccc(OCC(N)=O)c1. The molecule has 110 valence electrons. The Labute approximate surface area is 118 Å². The van der Waals surface area contributed by atoms with E-state index < -0.39 is 11.4 Å². The Morgan fingerprint density at radius 2 is 2.10 bits per heavy atom. The van der Waals surface area contributed by atoms with Crippen LogP contribution in [0.15, 0.2) is 24.3 Å². The van der Waals surface area contributed by atoms with Crippen LogP contribution in [0.2, 0.25) is 0 Å². The van der Waals surface area contributed by atoms with Gasteiger partial charge < -0.3 is 21.5 Å². The maximum atomic E-state index is 12.1. The first-order chi connectivity index (χ1) is 9.35. The highest BCUT2D eigenvalue weighted by molar-refractivity contribution is 5.97. The molecule has 0 aliphatic rings. The largest absolute Gasteiger partial charge is 0.484 e. The van der Waals surface area contributed by atoms with Gasteiger partial charge in [-0.05, 0) is 25.5 Å². The molecule has 1 unspecified atom stereocenters. The van der Waals surface area contributed by atoms with Crippen molar-refractivity contribution in [2.24, 2.45) is 11.5 Å². The summed E-state index contributed by atoms with van der Waals surface area (Å²) in [7, 11) is 0.